The average Bonchev–Trinajstić information content (AvgIpc) is 3.11. The van der Waals surface area contributed by atoms with Crippen LogP contribution in [0.25, 0.3) is 22.4 Å². The third-order valence-electron chi connectivity index (χ3n) is 4.73. The number of halogens is 2. The first-order valence-electron chi connectivity index (χ1n) is 8.95. The minimum absolute atomic E-state index is 0.0177. The fourth-order valence-corrected chi connectivity index (χ4v) is 3.58. The first-order chi connectivity index (χ1) is 13.7. The van der Waals surface area contributed by atoms with Crippen molar-refractivity contribution in [2.75, 3.05) is 11.9 Å². The van der Waals surface area contributed by atoms with Gasteiger partial charge in [0.25, 0.3) is 0 Å². The van der Waals surface area contributed by atoms with Crippen LogP contribution in [0.1, 0.15) is 5.69 Å². The van der Waals surface area contributed by atoms with Gasteiger partial charge < -0.3 is 4.90 Å². The van der Waals surface area contributed by atoms with Gasteiger partial charge >= 0.3 is 0 Å². The van der Waals surface area contributed by atoms with E-state index in [4.69, 9.17) is 5.10 Å². The van der Waals surface area contributed by atoms with Gasteiger partial charge in [-0.1, -0.05) is 22.0 Å². The predicted molar refractivity (Wildman–Crippen MR) is 109 cm³/mol. The number of nitrogens with zero attached hydrogens (tertiary/aromatic N) is 4. The summed E-state index contributed by atoms with van der Waals surface area (Å²) in [7, 11) is 0. The SMILES string of the molecule is O=C(/C=C/CBr)N1CCn2nc(-c3ccc(F)cc3)c(-c3ccncc3)c2C1. The number of carbonyl (C=O) groups excluding carboxylic acids is 1. The molecule has 1 aliphatic heterocycles. The quantitative estimate of drug-likeness (QED) is 0.454. The highest BCUT2D eigenvalue weighted by Crippen LogP contribution is 2.36. The van der Waals surface area contributed by atoms with Crippen LogP contribution < -0.4 is 0 Å². The second-order valence-corrected chi connectivity index (χ2v) is 7.10. The lowest BCUT2D eigenvalue weighted by atomic mass is 9.99. The summed E-state index contributed by atoms with van der Waals surface area (Å²) in [6, 6.07) is 10.2. The molecule has 0 atom stereocenters. The van der Waals surface area contributed by atoms with Crippen LogP contribution in [0.2, 0.25) is 0 Å². The standard InChI is InChI=1S/C21H18BrFN4O/c22-9-1-2-19(28)26-12-13-27-18(14-26)20(15-7-10-24-11-8-15)21(25-27)16-3-5-17(23)6-4-16/h1-8,10-11H,9,12-14H2/b2-1+. The Morgan fingerprint density at radius 1 is 1.11 bits per heavy atom. The Kier molecular flexibility index (Phi) is 5.34. The Morgan fingerprint density at radius 2 is 1.86 bits per heavy atom. The van der Waals surface area contributed by atoms with Crippen LogP contribution in [-0.2, 0) is 17.9 Å². The summed E-state index contributed by atoms with van der Waals surface area (Å²) in [6.07, 6.45) is 6.85. The summed E-state index contributed by atoms with van der Waals surface area (Å²) in [4.78, 5) is 18.4. The van der Waals surface area contributed by atoms with E-state index in [0.29, 0.717) is 25.0 Å². The number of aromatic nitrogens is 3. The van der Waals surface area contributed by atoms with E-state index in [2.05, 4.69) is 20.9 Å². The van der Waals surface area contributed by atoms with Gasteiger partial charge in [0.15, 0.2) is 0 Å². The molecule has 0 bridgehead atoms. The Balaban J connectivity index is 1.80. The van der Waals surface area contributed by atoms with Crippen LogP contribution in [0.5, 0.6) is 0 Å². The topological polar surface area (TPSA) is 51.0 Å². The summed E-state index contributed by atoms with van der Waals surface area (Å²) in [5.41, 5.74) is 4.52. The van der Waals surface area contributed by atoms with Crippen molar-refractivity contribution >= 4 is 21.8 Å². The normalized spacial score (nSPS) is 13.7. The zero-order valence-electron chi connectivity index (χ0n) is 15.1. The number of hydrogen-bond acceptors (Lipinski definition) is 3. The second-order valence-electron chi connectivity index (χ2n) is 6.45. The molecule has 5 nitrogen and oxygen atoms in total. The molecule has 0 unspecified atom stereocenters. The van der Waals surface area contributed by atoms with E-state index >= 15 is 0 Å². The number of benzene rings is 1. The lowest BCUT2D eigenvalue weighted by Gasteiger charge is -2.27. The number of allylic oxidation sites excluding steroid dienone is 1. The van der Waals surface area contributed by atoms with Crippen LogP contribution in [0.3, 0.4) is 0 Å². The van der Waals surface area contributed by atoms with E-state index in [1.54, 1.807) is 36.7 Å². The third kappa shape index (κ3) is 3.62. The molecule has 0 saturated carbocycles. The molecule has 2 aromatic heterocycles. The molecule has 3 aromatic rings. The summed E-state index contributed by atoms with van der Waals surface area (Å²) >= 11 is 3.30. The number of alkyl halides is 1. The molecule has 1 aromatic carbocycles. The minimum atomic E-state index is -0.284. The molecule has 3 heterocycles. The summed E-state index contributed by atoms with van der Waals surface area (Å²) < 4.78 is 15.4. The van der Waals surface area contributed by atoms with E-state index in [1.165, 1.54) is 12.1 Å². The van der Waals surface area contributed by atoms with Gasteiger partial charge in [-0.05, 0) is 48.0 Å². The zero-order valence-corrected chi connectivity index (χ0v) is 16.6. The Hall–Kier alpha value is -2.80. The highest BCUT2D eigenvalue weighted by molar-refractivity contribution is 9.09. The van der Waals surface area contributed by atoms with Crippen LogP contribution in [0.15, 0.2) is 60.9 Å². The monoisotopic (exact) mass is 440 g/mol. The molecular formula is C21H18BrFN4O. The third-order valence-corrected chi connectivity index (χ3v) is 5.10. The number of carbonyl (C=O) groups is 1. The van der Waals surface area contributed by atoms with Gasteiger partial charge in [-0.25, -0.2) is 4.39 Å². The molecule has 0 aliphatic carbocycles. The Morgan fingerprint density at radius 3 is 2.57 bits per heavy atom. The molecule has 0 radical (unpaired) electrons. The molecule has 1 amide bonds. The van der Waals surface area contributed by atoms with Crippen LogP contribution in [-0.4, -0.2) is 37.4 Å². The molecule has 0 spiro atoms. The fourth-order valence-electron chi connectivity index (χ4n) is 3.39. The van der Waals surface area contributed by atoms with Gasteiger partial charge in [-0.3, -0.25) is 14.5 Å². The van der Waals surface area contributed by atoms with E-state index < -0.39 is 0 Å². The average molecular weight is 441 g/mol. The summed E-state index contributed by atoms with van der Waals surface area (Å²) in [5, 5.41) is 5.43. The number of pyridine rings is 1. The predicted octanol–water partition coefficient (Wildman–Crippen LogP) is 4.04. The van der Waals surface area contributed by atoms with Crippen LogP contribution in [0, 0.1) is 5.82 Å². The van der Waals surface area contributed by atoms with Gasteiger partial charge in [-0.2, -0.15) is 5.10 Å². The molecule has 142 valence electrons. The van der Waals surface area contributed by atoms with Gasteiger partial charge in [0.2, 0.25) is 5.91 Å². The number of fused-ring (bicyclic) bond motifs is 1. The Labute approximate surface area is 170 Å². The molecule has 4 rings (SSSR count). The maximum atomic E-state index is 13.4. The highest BCUT2D eigenvalue weighted by atomic mass is 79.9. The first-order valence-corrected chi connectivity index (χ1v) is 10.1. The summed E-state index contributed by atoms with van der Waals surface area (Å²) in [5.74, 6) is -0.301. The molecule has 0 fully saturated rings. The van der Waals surface area contributed by atoms with Crippen molar-refractivity contribution < 1.29 is 9.18 Å². The zero-order chi connectivity index (χ0) is 19.5. The van der Waals surface area contributed by atoms with Gasteiger partial charge in [-0.15, -0.1) is 0 Å². The molecular weight excluding hydrogens is 423 g/mol. The smallest absolute Gasteiger partial charge is 0.246 e. The van der Waals surface area contributed by atoms with Crippen LogP contribution >= 0.6 is 15.9 Å². The number of amides is 1. The van der Waals surface area contributed by atoms with Crippen molar-refractivity contribution in [2.45, 2.75) is 13.1 Å². The van der Waals surface area contributed by atoms with Gasteiger partial charge in [0, 0.05) is 35.4 Å². The lowest BCUT2D eigenvalue weighted by Crippen LogP contribution is -2.37. The number of rotatable bonds is 4. The van der Waals surface area contributed by atoms with E-state index in [-0.39, 0.29) is 11.7 Å². The number of hydrogen-bond donors (Lipinski definition) is 0. The maximum absolute atomic E-state index is 13.4. The van der Waals surface area contributed by atoms with E-state index in [0.717, 1.165) is 28.1 Å². The van der Waals surface area contributed by atoms with Crippen molar-refractivity contribution in [3.8, 4) is 22.4 Å². The molecule has 0 saturated heterocycles. The van der Waals surface area contributed by atoms with Crippen LogP contribution in [0.4, 0.5) is 4.39 Å². The Bertz CT molecular complexity index is 1010. The minimum Gasteiger partial charge on any atom is -0.331 e. The van der Waals surface area contributed by atoms with Crippen molar-refractivity contribution in [2.24, 2.45) is 0 Å². The lowest BCUT2D eigenvalue weighted by molar-refractivity contribution is -0.127. The molecule has 7 heteroatoms. The van der Waals surface area contributed by atoms with Gasteiger partial charge in [0.05, 0.1) is 18.8 Å². The van der Waals surface area contributed by atoms with Crippen molar-refractivity contribution in [3.05, 3.63) is 72.5 Å². The molecule has 28 heavy (non-hydrogen) atoms. The largest absolute Gasteiger partial charge is 0.331 e. The maximum Gasteiger partial charge on any atom is 0.246 e. The highest BCUT2D eigenvalue weighted by Gasteiger charge is 2.27. The van der Waals surface area contributed by atoms with Crippen molar-refractivity contribution in [3.63, 3.8) is 0 Å². The van der Waals surface area contributed by atoms with Gasteiger partial charge in [0.1, 0.15) is 11.5 Å². The van der Waals surface area contributed by atoms with Crippen molar-refractivity contribution in [1.82, 2.24) is 19.7 Å². The molecule has 0 N–H and O–H groups in total. The fraction of sp³-hybridized carbons (Fsp3) is 0.190. The first kappa shape index (κ1) is 18.6. The van der Waals surface area contributed by atoms with E-state index in [9.17, 15) is 9.18 Å². The summed E-state index contributed by atoms with van der Waals surface area (Å²) in [6.45, 7) is 1.68. The van der Waals surface area contributed by atoms with E-state index in [1.807, 2.05) is 21.7 Å². The second kappa shape index (κ2) is 8.06. The van der Waals surface area contributed by atoms with Crippen molar-refractivity contribution in [1.29, 1.82) is 0 Å². The molecule has 1 aliphatic rings.